The third-order valence-electron chi connectivity index (χ3n) is 5.51. The van der Waals surface area contributed by atoms with Crippen LogP contribution in [0.5, 0.6) is 17.2 Å². The number of amides is 1. The molecule has 2 fully saturated rings. The number of hydrogen-bond acceptors (Lipinski definition) is 6. The van der Waals surface area contributed by atoms with Gasteiger partial charge in [0, 0.05) is 6.04 Å². The first-order chi connectivity index (χ1) is 13.4. The molecule has 1 aliphatic heterocycles. The first-order valence-electron chi connectivity index (χ1n) is 9.80. The fourth-order valence-electron chi connectivity index (χ4n) is 4.00. The van der Waals surface area contributed by atoms with Crippen LogP contribution in [0.2, 0.25) is 0 Å². The van der Waals surface area contributed by atoms with Crippen LogP contribution in [-0.2, 0) is 14.6 Å². The summed E-state index contributed by atoms with van der Waals surface area (Å²) in [7, 11) is 0.0998. The third-order valence-corrected chi connectivity index (χ3v) is 7.34. The molecule has 8 heteroatoms. The van der Waals surface area contributed by atoms with Crippen molar-refractivity contribution in [1.82, 2.24) is 5.32 Å². The molecule has 28 heavy (non-hydrogen) atoms. The van der Waals surface area contributed by atoms with Crippen molar-refractivity contribution in [1.29, 1.82) is 0 Å². The zero-order chi connectivity index (χ0) is 20.1. The number of benzene rings is 1. The Morgan fingerprint density at radius 1 is 1.04 bits per heavy atom. The number of ether oxygens (including phenoxy) is 3. The van der Waals surface area contributed by atoms with Crippen LogP contribution < -0.4 is 19.5 Å². The molecule has 1 aliphatic carbocycles. The minimum Gasteiger partial charge on any atom is -0.493 e. The van der Waals surface area contributed by atoms with E-state index < -0.39 is 15.8 Å². The highest BCUT2D eigenvalue weighted by atomic mass is 32.2. The van der Waals surface area contributed by atoms with Gasteiger partial charge in [-0.3, -0.25) is 4.79 Å². The summed E-state index contributed by atoms with van der Waals surface area (Å²) in [5.41, 5.74) is 0. The molecule has 1 saturated carbocycles. The Hall–Kier alpha value is -1.96. The molecule has 1 aromatic carbocycles. The van der Waals surface area contributed by atoms with Crippen LogP contribution in [0.15, 0.2) is 18.2 Å². The number of carbonyl (C=O) groups excluding carboxylic acids is 1. The number of nitrogens with one attached hydrogen (secondary N) is 1. The molecule has 156 valence electrons. The maximum Gasteiger partial charge on any atom is 0.224 e. The number of para-hydroxylation sites is 1. The SMILES string of the molecule is COc1cccc(OC2CCC(NC(=O)C3CCCS(=O)(=O)C3)CC2)c1OC. The summed E-state index contributed by atoms with van der Waals surface area (Å²) in [6.07, 6.45) is 4.51. The van der Waals surface area contributed by atoms with Gasteiger partial charge < -0.3 is 19.5 Å². The Balaban J connectivity index is 1.50. The lowest BCUT2D eigenvalue weighted by Gasteiger charge is -2.31. The maximum atomic E-state index is 12.4. The highest BCUT2D eigenvalue weighted by molar-refractivity contribution is 7.91. The van der Waals surface area contributed by atoms with Gasteiger partial charge in [-0.1, -0.05) is 6.07 Å². The van der Waals surface area contributed by atoms with Gasteiger partial charge in [0.25, 0.3) is 0 Å². The average Bonchev–Trinajstić information content (AvgIpc) is 2.68. The second-order valence-electron chi connectivity index (χ2n) is 7.55. The third kappa shape index (κ3) is 5.10. The Morgan fingerprint density at radius 3 is 2.39 bits per heavy atom. The Bertz CT molecular complexity index is 786. The van der Waals surface area contributed by atoms with Crippen LogP contribution in [0.1, 0.15) is 38.5 Å². The number of carbonyl (C=O) groups is 1. The normalized spacial score (nSPS) is 26.9. The van der Waals surface area contributed by atoms with Gasteiger partial charge in [0.2, 0.25) is 11.7 Å². The predicted octanol–water partition coefficient (Wildman–Crippen LogP) is 2.33. The predicted molar refractivity (Wildman–Crippen MR) is 106 cm³/mol. The van der Waals surface area contributed by atoms with Gasteiger partial charge in [0.1, 0.15) is 0 Å². The van der Waals surface area contributed by atoms with Crippen LogP contribution >= 0.6 is 0 Å². The van der Waals surface area contributed by atoms with Crippen LogP contribution in [-0.4, -0.2) is 52.2 Å². The molecule has 1 amide bonds. The Kier molecular flexibility index (Phi) is 6.69. The zero-order valence-corrected chi connectivity index (χ0v) is 17.3. The van der Waals surface area contributed by atoms with E-state index >= 15 is 0 Å². The van der Waals surface area contributed by atoms with Crippen molar-refractivity contribution in [3.8, 4) is 17.2 Å². The summed E-state index contributed by atoms with van der Waals surface area (Å²) < 4.78 is 40.3. The molecule has 1 unspecified atom stereocenters. The smallest absolute Gasteiger partial charge is 0.224 e. The quantitative estimate of drug-likeness (QED) is 0.773. The van der Waals surface area contributed by atoms with Crippen molar-refractivity contribution in [2.75, 3.05) is 25.7 Å². The average molecular weight is 412 g/mol. The highest BCUT2D eigenvalue weighted by Gasteiger charge is 2.32. The molecule has 1 atom stereocenters. The number of methoxy groups -OCH3 is 2. The van der Waals surface area contributed by atoms with Gasteiger partial charge >= 0.3 is 0 Å². The van der Waals surface area contributed by atoms with Gasteiger partial charge in [0.05, 0.1) is 37.7 Å². The second-order valence-corrected chi connectivity index (χ2v) is 9.77. The number of rotatable bonds is 6. The lowest BCUT2D eigenvalue weighted by atomic mass is 9.92. The molecule has 0 radical (unpaired) electrons. The number of hydrogen-bond donors (Lipinski definition) is 1. The minimum atomic E-state index is -3.08. The van der Waals surface area contributed by atoms with Gasteiger partial charge in [-0.2, -0.15) is 0 Å². The van der Waals surface area contributed by atoms with Crippen LogP contribution in [0.25, 0.3) is 0 Å². The van der Waals surface area contributed by atoms with E-state index in [1.54, 1.807) is 14.2 Å². The number of sulfone groups is 1. The molecule has 0 aromatic heterocycles. The second kappa shape index (κ2) is 9.03. The van der Waals surface area contributed by atoms with Crippen molar-refractivity contribution in [3.63, 3.8) is 0 Å². The maximum absolute atomic E-state index is 12.4. The van der Waals surface area contributed by atoms with Gasteiger partial charge in [-0.05, 0) is 50.7 Å². The summed E-state index contributed by atoms with van der Waals surface area (Å²) >= 11 is 0. The van der Waals surface area contributed by atoms with Crippen molar-refractivity contribution in [3.05, 3.63) is 18.2 Å². The molecule has 1 N–H and O–H groups in total. The molecule has 1 aromatic rings. The van der Waals surface area contributed by atoms with Gasteiger partial charge in [-0.25, -0.2) is 8.42 Å². The first-order valence-corrected chi connectivity index (χ1v) is 11.6. The van der Waals surface area contributed by atoms with E-state index in [-0.39, 0.29) is 29.6 Å². The Labute approximate surface area is 166 Å². The van der Waals surface area contributed by atoms with Crippen LogP contribution in [0.3, 0.4) is 0 Å². The molecule has 7 nitrogen and oxygen atoms in total. The summed E-state index contributed by atoms with van der Waals surface area (Å²) in [5, 5.41) is 3.05. The topological polar surface area (TPSA) is 90.9 Å². The highest BCUT2D eigenvalue weighted by Crippen LogP contribution is 2.38. The van der Waals surface area contributed by atoms with E-state index in [1.807, 2.05) is 18.2 Å². The van der Waals surface area contributed by atoms with E-state index in [4.69, 9.17) is 14.2 Å². The molecular formula is C20H29NO6S. The zero-order valence-electron chi connectivity index (χ0n) is 16.5. The fraction of sp³-hybridized carbons (Fsp3) is 0.650. The molecule has 0 spiro atoms. The minimum absolute atomic E-state index is 0.0209. The van der Waals surface area contributed by atoms with Crippen LogP contribution in [0, 0.1) is 5.92 Å². The van der Waals surface area contributed by atoms with Gasteiger partial charge in [0.15, 0.2) is 21.3 Å². The lowest BCUT2D eigenvalue weighted by Crippen LogP contribution is -2.45. The first kappa shape index (κ1) is 20.8. The van der Waals surface area contributed by atoms with Crippen LogP contribution in [0.4, 0.5) is 0 Å². The molecular weight excluding hydrogens is 382 g/mol. The van der Waals surface area contributed by atoms with E-state index in [2.05, 4.69) is 5.32 Å². The lowest BCUT2D eigenvalue weighted by molar-refractivity contribution is -0.125. The van der Waals surface area contributed by atoms with Crippen molar-refractivity contribution >= 4 is 15.7 Å². The largest absolute Gasteiger partial charge is 0.493 e. The fourth-order valence-corrected chi connectivity index (χ4v) is 5.71. The molecule has 0 bridgehead atoms. The molecule has 1 saturated heterocycles. The monoisotopic (exact) mass is 411 g/mol. The van der Waals surface area contributed by atoms with Crippen molar-refractivity contribution in [2.45, 2.75) is 50.7 Å². The van der Waals surface area contributed by atoms with E-state index in [0.29, 0.717) is 30.1 Å². The van der Waals surface area contributed by atoms with E-state index in [0.717, 1.165) is 25.7 Å². The van der Waals surface area contributed by atoms with E-state index in [1.165, 1.54) is 0 Å². The molecule has 2 aliphatic rings. The molecule has 3 rings (SSSR count). The van der Waals surface area contributed by atoms with E-state index in [9.17, 15) is 13.2 Å². The van der Waals surface area contributed by atoms with Gasteiger partial charge in [-0.15, -0.1) is 0 Å². The molecule has 1 heterocycles. The van der Waals surface area contributed by atoms with Crippen molar-refractivity contribution in [2.24, 2.45) is 5.92 Å². The summed E-state index contributed by atoms with van der Waals surface area (Å²) in [6.45, 7) is 0. The van der Waals surface area contributed by atoms with Crippen molar-refractivity contribution < 1.29 is 27.4 Å². The standard InChI is InChI=1S/C20H29NO6S/c1-25-17-6-3-7-18(19(17)26-2)27-16-10-8-15(9-11-16)21-20(22)14-5-4-12-28(23,24)13-14/h3,6-7,14-16H,4-5,8-13H2,1-2H3,(H,21,22). The Morgan fingerprint density at radius 2 is 1.75 bits per heavy atom. The summed E-state index contributed by atoms with van der Waals surface area (Å²) in [4.78, 5) is 12.4. The summed E-state index contributed by atoms with van der Waals surface area (Å²) in [5.74, 6) is 1.51. The summed E-state index contributed by atoms with van der Waals surface area (Å²) in [6, 6.07) is 5.62.